The molecule has 0 radical (unpaired) electrons. The van der Waals surface area contributed by atoms with E-state index in [-0.39, 0.29) is 11.6 Å². The van der Waals surface area contributed by atoms with E-state index in [9.17, 15) is 18.0 Å². The molecule has 5 heteroatoms. The Labute approximate surface area is 95.8 Å². The smallest absolute Gasteiger partial charge is 0.324 e. The molecule has 0 bridgehead atoms. The van der Waals surface area contributed by atoms with Crippen LogP contribution in [0, 0.1) is 6.92 Å². The topological polar surface area (TPSA) is 29.1 Å². The van der Waals surface area contributed by atoms with Crippen molar-refractivity contribution in [3.05, 3.63) is 28.8 Å². The first-order chi connectivity index (χ1) is 7.84. The summed E-state index contributed by atoms with van der Waals surface area (Å²) in [5.41, 5.74) is -0.370. The zero-order chi connectivity index (χ0) is 12.4. The lowest BCUT2D eigenvalue weighted by atomic mass is 9.94. The van der Waals surface area contributed by atoms with Gasteiger partial charge in [-0.1, -0.05) is 11.6 Å². The van der Waals surface area contributed by atoms with E-state index in [0.29, 0.717) is 24.0 Å². The highest BCUT2D eigenvalue weighted by Crippen LogP contribution is 2.57. The minimum Gasteiger partial charge on any atom is -0.324 e. The normalized spacial score (nSPS) is 20.4. The standard InChI is InChI=1S/C12H10F3NO/c1-6-4-7-9(8(5-6)12(13,14)15)16-10(17)11(7)2-3-11/h4-5H,2-3H2,1H3,(H,16,17). The van der Waals surface area contributed by atoms with E-state index in [1.807, 2.05) is 0 Å². The molecule has 1 heterocycles. The van der Waals surface area contributed by atoms with Gasteiger partial charge in [-0.3, -0.25) is 4.79 Å². The van der Waals surface area contributed by atoms with Crippen molar-refractivity contribution in [2.24, 2.45) is 0 Å². The van der Waals surface area contributed by atoms with Crippen LogP contribution in [0.2, 0.25) is 0 Å². The van der Waals surface area contributed by atoms with Gasteiger partial charge in [-0.05, 0) is 31.4 Å². The van der Waals surface area contributed by atoms with E-state index in [0.717, 1.165) is 6.07 Å². The molecule has 1 saturated carbocycles. The van der Waals surface area contributed by atoms with Crippen molar-refractivity contribution in [3.8, 4) is 0 Å². The number of anilines is 1. The van der Waals surface area contributed by atoms with Crippen molar-refractivity contribution in [2.75, 3.05) is 5.32 Å². The Morgan fingerprint density at radius 3 is 2.47 bits per heavy atom. The average Bonchev–Trinajstić information content (AvgIpc) is 2.94. The maximum absolute atomic E-state index is 12.9. The molecule has 1 aromatic carbocycles. The van der Waals surface area contributed by atoms with E-state index in [4.69, 9.17) is 0 Å². The van der Waals surface area contributed by atoms with Crippen LogP contribution in [0.3, 0.4) is 0 Å². The third kappa shape index (κ3) is 1.31. The molecule has 1 aromatic rings. The number of carbonyl (C=O) groups excluding carboxylic acids is 1. The van der Waals surface area contributed by atoms with Crippen LogP contribution in [-0.2, 0) is 16.4 Å². The van der Waals surface area contributed by atoms with Gasteiger partial charge in [0.2, 0.25) is 5.91 Å². The second kappa shape index (κ2) is 2.83. The highest BCUT2D eigenvalue weighted by Gasteiger charge is 2.57. The van der Waals surface area contributed by atoms with E-state index in [1.54, 1.807) is 13.0 Å². The van der Waals surface area contributed by atoms with Crippen molar-refractivity contribution in [2.45, 2.75) is 31.4 Å². The summed E-state index contributed by atoms with van der Waals surface area (Å²) in [4.78, 5) is 11.7. The molecule has 1 aliphatic heterocycles. The van der Waals surface area contributed by atoms with Gasteiger partial charge in [0, 0.05) is 0 Å². The molecule has 2 aliphatic rings. The van der Waals surface area contributed by atoms with Gasteiger partial charge in [-0.25, -0.2) is 0 Å². The first-order valence-electron chi connectivity index (χ1n) is 5.38. The van der Waals surface area contributed by atoms with Crippen molar-refractivity contribution in [3.63, 3.8) is 0 Å². The number of nitrogens with one attached hydrogen (secondary N) is 1. The monoisotopic (exact) mass is 241 g/mol. The van der Waals surface area contributed by atoms with Gasteiger partial charge in [0.05, 0.1) is 16.7 Å². The number of amides is 1. The molecular formula is C12H10F3NO. The average molecular weight is 241 g/mol. The molecule has 1 aliphatic carbocycles. The first-order valence-corrected chi connectivity index (χ1v) is 5.38. The Morgan fingerprint density at radius 1 is 1.29 bits per heavy atom. The van der Waals surface area contributed by atoms with Crippen LogP contribution in [0.1, 0.15) is 29.5 Å². The lowest BCUT2D eigenvalue weighted by Crippen LogP contribution is -2.18. The molecule has 0 unspecified atom stereocenters. The molecule has 0 aromatic heterocycles. The van der Waals surface area contributed by atoms with Crippen molar-refractivity contribution >= 4 is 11.6 Å². The minimum absolute atomic E-state index is 0.0365. The molecule has 90 valence electrons. The summed E-state index contributed by atoms with van der Waals surface area (Å²) in [6, 6.07) is 2.77. The van der Waals surface area contributed by atoms with Gasteiger partial charge in [-0.2, -0.15) is 13.2 Å². The Morgan fingerprint density at radius 2 is 1.94 bits per heavy atom. The van der Waals surface area contributed by atoms with E-state index < -0.39 is 17.2 Å². The van der Waals surface area contributed by atoms with E-state index in [2.05, 4.69) is 5.32 Å². The van der Waals surface area contributed by atoms with Gasteiger partial charge in [0.15, 0.2) is 0 Å². The summed E-state index contributed by atoms with van der Waals surface area (Å²) in [5.74, 6) is -0.288. The number of carbonyl (C=O) groups is 1. The second-order valence-electron chi connectivity index (χ2n) is 4.77. The zero-order valence-electron chi connectivity index (χ0n) is 9.11. The van der Waals surface area contributed by atoms with E-state index in [1.165, 1.54) is 0 Å². The quantitative estimate of drug-likeness (QED) is 0.743. The zero-order valence-corrected chi connectivity index (χ0v) is 9.11. The lowest BCUT2D eigenvalue weighted by molar-refractivity contribution is -0.137. The van der Waals surface area contributed by atoms with Crippen LogP contribution in [0.5, 0.6) is 0 Å². The highest BCUT2D eigenvalue weighted by molar-refractivity contribution is 6.09. The molecule has 1 spiro atoms. The van der Waals surface area contributed by atoms with Crippen LogP contribution in [0.15, 0.2) is 12.1 Å². The number of rotatable bonds is 0. The fraction of sp³-hybridized carbons (Fsp3) is 0.417. The first kappa shape index (κ1) is 10.6. The third-order valence-corrected chi connectivity index (χ3v) is 3.53. The molecule has 3 rings (SSSR count). The van der Waals surface area contributed by atoms with Gasteiger partial charge >= 0.3 is 6.18 Å². The number of alkyl halides is 3. The maximum atomic E-state index is 12.9. The van der Waals surface area contributed by atoms with Gasteiger partial charge in [0.25, 0.3) is 0 Å². The summed E-state index contributed by atoms with van der Waals surface area (Å²) >= 11 is 0. The fourth-order valence-corrected chi connectivity index (χ4v) is 2.50. The van der Waals surface area contributed by atoms with Crippen LogP contribution >= 0.6 is 0 Å². The molecule has 1 fully saturated rings. The highest BCUT2D eigenvalue weighted by atomic mass is 19.4. The van der Waals surface area contributed by atoms with Crippen molar-refractivity contribution in [1.82, 2.24) is 0 Å². The third-order valence-electron chi connectivity index (χ3n) is 3.53. The Hall–Kier alpha value is -1.52. The summed E-state index contributed by atoms with van der Waals surface area (Å²) in [6.07, 6.45) is -3.14. The minimum atomic E-state index is -4.43. The molecule has 2 nitrogen and oxygen atoms in total. The molecule has 1 N–H and O–H groups in total. The summed E-state index contributed by atoms with van der Waals surface area (Å²) < 4.78 is 38.6. The number of benzene rings is 1. The largest absolute Gasteiger partial charge is 0.418 e. The number of hydrogen-bond donors (Lipinski definition) is 1. The Bertz CT molecular complexity index is 529. The Kier molecular flexibility index (Phi) is 1.77. The Balaban J connectivity index is 2.26. The summed E-state index contributed by atoms with van der Waals surface area (Å²) in [6.45, 7) is 1.62. The molecule has 17 heavy (non-hydrogen) atoms. The van der Waals surface area contributed by atoms with Crippen LogP contribution in [0.25, 0.3) is 0 Å². The predicted molar refractivity (Wildman–Crippen MR) is 55.7 cm³/mol. The second-order valence-corrected chi connectivity index (χ2v) is 4.77. The molecule has 0 atom stereocenters. The number of aryl methyl sites for hydroxylation is 1. The van der Waals surface area contributed by atoms with Gasteiger partial charge in [-0.15, -0.1) is 0 Å². The van der Waals surface area contributed by atoms with Crippen LogP contribution in [0.4, 0.5) is 18.9 Å². The molecule has 0 saturated heterocycles. The van der Waals surface area contributed by atoms with E-state index >= 15 is 0 Å². The SMILES string of the molecule is Cc1cc(C(F)(F)F)c2c(c1)C1(CC1)C(=O)N2. The van der Waals surface area contributed by atoms with Crippen LogP contribution < -0.4 is 5.32 Å². The summed E-state index contributed by atoms with van der Waals surface area (Å²) in [7, 11) is 0. The van der Waals surface area contributed by atoms with Crippen LogP contribution in [-0.4, -0.2) is 5.91 Å². The number of fused-ring (bicyclic) bond motifs is 2. The fourth-order valence-electron chi connectivity index (χ4n) is 2.50. The lowest BCUT2D eigenvalue weighted by Gasteiger charge is -2.13. The maximum Gasteiger partial charge on any atom is 0.418 e. The molecule has 1 amide bonds. The molecular weight excluding hydrogens is 231 g/mol. The number of hydrogen-bond acceptors (Lipinski definition) is 1. The number of halogens is 3. The van der Waals surface area contributed by atoms with Crippen molar-refractivity contribution in [1.29, 1.82) is 0 Å². The van der Waals surface area contributed by atoms with Gasteiger partial charge in [0.1, 0.15) is 0 Å². The summed E-state index contributed by atoms with van der Waals surface area (Å²) in [5, 5.41) is 2.39. The predicted octanol–water partition coefficient (Wildman–Crippen LogP) is 3.00. The van der Waals surface area contributed by atoms with Gasteiger partial charge < -0.3 is 5.32 Å². The van der Waals surface area contributed by atoms with Crippen molar-refractivity contribution < 1.29 is 18.0 Å².